The van der Waals surface area contributed by atoms with Crippen LogP contribution in [0.15, 0.2) is 66.2 Å². The van der Waals surface area contributed by atoms with Gasteiger partial charge in [0.15, 0.2) is 5.78 Å². The first kappa shape index (κ1) is 15.7. The molecule has 2 aromatic carbocycles. The highest BCUT2D eigenvalue weighted by Crippen LogP contribution is 2.29. The number of ketones is 1. The lowest BCUT2D eigenvalue weighted by atomic mass is 9.85. The molecule has 1 unspecified atom stereocenters. The minimum Gasteiger partial charge on any atom is -0.478 e. The number of hydrogen-bond donors (Lipinski definition) is 1. The van der Waals surface area contributed by atoms with Crippen molar-refractivity contribution in [2.45, 2.75) is 13.8 Å². The number of carboxylic acids is 1. The average molecular weight is 294 g/mol. The highest BCUT2D eigenvalue weighted by molar-refractivity contribution is 6.08. The van der Waals surface area contributed by atoms with Gasteiger partial charge in [-0.05, 0) is 18.1 Å². The molecule has 0 radical (unpaired) electrons. The molecule has 3 heteroatoms. The van der Waals surface area contributed by atoms with Gasteiger partial charge in [0, 0.05) is 17.1 Å². The van der Waals surface area contributed by atoms with E-state index in [2.05, 4.69) is 0 Å². The summed E-state index contributed by atoms with van der Waals surface area (Å²) in [5.74, 6) is -1.62. The van der Waals surface area contributed by atoms with Gasteiger partial charge in [0.2, 0.25) is 0 Å². The van der Waals surface area contributed by atoms with Crippen LogP contribution >= 0.6 is 0 Å². The Balaban J connectivity index is 2.49. The van der Waals surface area contributed by atoms with Gasteiger partial charge in [0.25, 0.3) is 0 Å². The molecule has 0 aliphatic carbocycles. The molecule has 0 saturated heterocycles. The molecule has 1 atom stereocenters. The maximum absolute atomic E-state index is 12.7. The molecule has 2 aromatic rings. The molecule has 0 bridgehead atoms. The zero-order valence-corrected chi connectivity index (χ0v) is 12.6. The molecule has 0 aliphatic heterocycles. The van der Waals surface area contributed by atoms with Gasteiger partial charge < -0.3 is 5.11 Å². The topological polar surface area (TPSA) is 54.4 Å². The standard InChI is InChI=1S/C19H18O3/c1-13(18(20)16-11-7-4-8-12-16)17(14(2)19(21)22)15-9-5-3-6-10-15/h3-13H,1-2H3,(H,21,22)/b17-14+. The summed E-state index contributed by atoms with van der Waals surface area (Å²) in [5, 5.41) is 9.35. The summed E-state index contributed by atoms with van der Waals surface area (Å²) in [5.41, 5.74) is 2.10. The van der Waals surface area contributed by atoms with Gasteiger partial charge in [-0.15, -0.1) is 0 Å². The fourth-order valence-corrected chi connectivity index (χ4v) is 2.51. The van der Waals surface area contributed by atoms with E-state index in [1.165, 1.54) is 0 Å². The van der Waals surface area contributed by atoms with E-state index in [1.807, 2.05) is 36.4 Å². The van der Waals surface area contributed by atoms with Gasteiger partial charge in [-0.25, -0.2) is 4.79 Å². The van der Waals surface area contributed by atoms with E-state index in [4.69, 9.17) is 0 Å². The normalized spacial score (nSPS) is 13.2. The van der Waals surface area contributed by atoms with Crippen molar-refractivity contribution in [2.75, 3.05) is 0 Å². The van der Waals surface area contributed by atoms with Crippen LogP contribution in [0.5, 0.6) is 0 Å². The quantitative estimate of drug-likeness (QED) is 0.668. The van der Waals surface area contributed by atoms with Gasteiger partial charge in [-0.2, -0.15) is 0 Å². The fraction of sp³-hybridized carbons (Fsp3) is 0.158. The van der Waals surface area contributed by atoms with Crippen LogP contribution in [0.1, 0.15) is 29.8 Å². The largest absolute Gasteiger partial charge is 0.478 e. The minimum atomic E-state index is -1.01. The Morgan fingerprint density at radius 3 is 1.77 bits per heavy atom. The summed E-state index contributed by atoms with van der Waals surface area (Å²) in [4.78, 5) is 24.1. The van der Waals surface area contributed by atoms with Crippen molar-refractivity contribution in [3.63, 3.8) is 0 Å². The first-order chi connectivity index (χ1) is 10.5. The number of benzene rings is 2. The highest BCUT2D eigenvalue weighted by Gasteiger charge is 2.24. The molecular weight excluding hydrogens is 276 g/mol. The van der Waals surface area contributed by atoms with E-state index in [0.717, 1.165) is 5.56 Å². The van der Waals surface area contributed by atoms with Gasteiger partial charge in [0.1, 0.15) is 0 Å². The number of carbonyl (C=O) groups is 2. The molecule has 0 heterocycles. The van der Waals surface area contributed by atoms with Crippen LogP contribution < -0.4 is 0 Å². The van der Waals surface area contributed by atoms with Gasteiger partial charge in [-0.1, -0.05) is 67.6 Å². The summed E-state index contributed by atoms with van der Waals surface area (Å²) in [6, 6.07) is 18.1. The second-order valence-corrected chi connectivity index (χ2v) is 5.16. The summed E-state index contributed by atoms with van der Waals surface area (Å²) < 4.78 is 0. The lowest BCUT2D eigenvalue weighted by molar-refractivity contribution is -0.132. The van der Waals surface area contributed by atoms with E-state index in [1.54, 1.807) is 38.1 Å². The third kappa shape index (κ3) is 3.31. The fourth-order valence-electron chi connectivity index (χ4n) is 2.51. The minimum absolute atomic E-state index is 0.0833. The van der Waals surface area contributed by atoms with Crippen LogP contribution in [0.4, 0.5) is 0 Å². The van der Waals surface area contributed by atoms with Crippen LogP contribution in [0, 0.1) is 5.92 Å². The summed E-state index contributed by atoms with van der Waals surface area (Å²) in [7, 11) is 0. The Morgan fingerprint density at radius 1 is 0.864 bits per heavy atom. The van der Waals surface area contributed by atoms with Crippen molar-refractivity contribution < 1.29 is 14.7 Å². The summed E-state index contributed by atoms with van der Waals surface area (Å²) >= 11 is 0. The molecule has 22 heavy (non-hydrogen) atoms. The highest BCUT2D eigenvalue weighted by atomic mass is 16.4. The van der Waals surface area contributed by atoms with Crippen LogP contribution in [-0.2, 0) is 4.79 Å². The number of carbonyl (C=O) groups excluding carboxylic acids is 1. The first-order valence-electron chi connectivity index (χ1n) is 7.11. The van der Waals surface area contributed by atoms with Crippen molar-refractivity contribution in [3.8, 4) is 0 Å². The maximum atomic E-state index is 12.7. The number of Topliss-reactive ketones (excluding diaryl/α,β-unsaturated/α-hetero) is 1. The van der Waals surface area contributed by atoms with E-state index in [9.17, 15) is 14.7 Å². The van der Waals surface area contributed by atoms with E-state index >= 15 is 0 Å². The van der Waals surface area contributed by atoms with Crippen LogP contribution in [0.2, 0.25) is 0 Å². The molecule has 2 rings (SSSR count). The zero-order valence-electron chi connectivity index (χ0n) is 12.6. The number of aliphatic carboxylic acids is 1. The second kappa shape index (κ2) is 6.85. The van der Waals surface area contributed by atoms with Crippen molar-refractivity contribution in [2.24, 2.45) is 5.92 Å². The van der Waals surface area contributed by atoms with Crippen molar-refractivity contribution in [3.05, 3.63) is 77.4 Å². The van der Waals surface area contributed by atoms with Crippen LogP contribution in [0.25, 0.3) is 5.57 Å². The first-order valence-corrected chi connectivity index (χ1v) is 7.11. The SMILES string of the molecule is C/C(C(=O)O)=C(\c1ccccc1)C(C)C(=O)c1ccccc1. The lowest BCUT2D eigenvalue weighted by Crippen LogP contribution is -2.16. The van der Waals surface area contributed by atoms with Crippen molar-refractivity contribution in [1.29, 1.82) is 0 Å². The lowest BCUT2D eigenvalue weighted by Gasteiger charge is -2.17. The number of hydrogen-bond acceptors (Lipinski definition) is 2. The molecule has 0 amide bonds. The number of carboxylic acid groups (broad SMARTS) is 1. The molecular formula is C19H18O3. The van der Waals surface area contributed by atoms with Gasteiger partial charge in [-0.3, -0.25) is 4.79 Å². The summed E-state index contributed by atoms with van der Waals surface area (Å²) in [6.07, 6.45) is 0. The predicted octanol–water partition coefficient (Wildman–Crippen LogP) is 4.06. The Kier molecular flexibility index (Phi) is 4.89. The van der Waals surface area contributed by atoms with Crippen LogP contribution in [0.3, 0.4) is 0 Å². The van der Waals surface area contributed by atoms with Crippen molar-refractivity contribution in [1.82, 2.24) is 0 Å². The monoisotopic (exact) mass is 294 g/mol. The Hall–Kier alpha value is -2.68. The molecule has 112 valence electrons. The molecule has 1 N–H and O–H groups in total. The molecule has 0 aromatic heterocycles. The molecule has 0 spiro atoms. The Labute approximate surface area is 129 Å². The average Bonchev–Trinajstić information content (AvgIpc) is 2.56. The van der Waals surface area contributed by atoms with E-state index in [0.29, 0.717) is 11.1 Å². The zero-order chi connectivity index (χ0) is 16.1. The van der Waals surface area contributed by atoms with Crippen molar-refractivity contribution >= 4 is 17.3 Å². The van der Waals surface area contributed by atoms with Gasteiger partial charge in [0.05, 0.1) is 0 Å². The third-order valence-electron chi connectivity index (χ3n) is 3.69. The molecule has 3 nitrogen and oxygen atoms in total. The molecule has 0 fully saturated rings. The van der Waals surface area contributed by atoms with E-state index in [-0.39, 0.29) is 11.4 Å². The Bertz CT molecular complexity index is 700. The number of allylic oxidation sites excluding steroid dienone is 1. The molecule has 0 aliphatic rings. The maximum Gasteiger partial charge on any atom is 0.331 e. The smallest absolute Gasteiger partial charge is 0.331 e. The number of rotatable bonds is 5. The predicted molar refractivity (Wildman–Crippen MR) is 86.6 cm³/mol. The van der Waals surface area contributed by atoms with Gasteiger partial charge >= 0.3 is 5.97 Å². The van der Waals surface area contributed by atoms with Crippen LogP contribution in [-0.4, -0.2) is 16.9 Å². The summed E-state index contributed by atoms with van der Waals surface area (Å²) in [6.45, 7) is 3.30. The second-order valence-electron chi connectivity index (χ2n) is 5.16. The third-order valence-corrected chi connectivity index (χ3v) is 3.69. The molecule has 0 saturated carbocycles. The Morgan fingerprint density at radius 2 is 1.32 bits per heavy atom. The van der Waals surface area contributed by atoms with E-state index < -0.39 is 11.9 Å².